The number of hydrogen-bond donors (Lipinski definition) is 2. The first-order chi connectivity index (χ1) is 20.9. The van der Waals surface area contributed by atoms with Gasteiger partial charge in [-0.1, -0.05) is 72.2 Å². The van der Waals surface area contributed by atoms with Crippen LogP contribution >= 0.6 is 0 Å². The van der Waals surface area contributed by atoms with E-state index in [1.54, 1.807) is 6.08 Å². The normalized spacial score (nSPS) is 37.8. The molecule has 2 N–H and O–H groups in total. The maximum absolute atomic E-state index is 12.9. The summed E-state index contributed by atoms with van der Waals surface area (Å²) in [5.41, 5.74) is 5.58. The lowest BCUT2D eigenvalue weighted by Crippen LogP contribution is -2.61. The maximum atomic E-state index is 12.9. The molecule has 6 rings (SSSR count). The van der Waals surface area contributed by atoms with Crippen LogP contribution in [0, 0.1) is 51.2 Å². The van der Waals surface area contributed by atoms with E-state index in [0.29, 0.717) is 40.6 Å². The van der Waals surface area contributed by atoms with E-state index in [9.17, 15) is 14.8 Å². The molecular formula is C39H59NO4. The Balaban J connectivity index is 0.000000834. The second-order valence-corrected chi connectivity index (χ2v) is 15.2. The quantitative estimate of drug-likeness (QED) is 0.156. The number of nitrogens with one attached hydrogen (secondary N) is 1. The monoisotopic (exact) mass is 605 g/mol. The zero-order valence-electron chi connectivity index (χ0n) is 28.8. The molecule has 1 aromatic carbocycles. The SMILES string of the molecule is C=CC.CC.COC(=O)c1ccc(C2=CCC3(C)C(CCC4(C)C5CCC6(C(=O)NO)CCC[C@@H]6C5CCC43)C2(C)C)cc1. The van der Waals surface area contributed by atoms with Crippen molar-refractivity contribution >= 4 is 17.4 Å². The van der Waals surface area contributed by atoms with Gasteiger partial charge in [-0.15, -0.1) is 6.58 Å². The zero-order chi connectivity index (χ0) is 32.5. The standard InChI is InChI=1S/C34H47NO4.C3H6.C2H6/c1-31(2)24(21-8-10-22(11-9-21)29(36)39-5)14-18-33(4)27(31)16-19-32(3)25-15-20-34(30(37)35-38)17-6-7-26(34)23(25)12-13-28(32)33;1-3-2;1-2/h8-11,14,23,25-28,38H,6-7,12-13,15-20H2,1-5H3,(H,35,37);3H,1H2,2H3;1-2H3/t23?,25?,26-,27?,28?,32?,33?,34?;;/m1../s1. The third-order valence-corrected chi connectivity index (χ3v) is 13.3. The molecule has 1 amide bonds. The number of amides is 1. The first kappa shape index (κ1) is 34.5. The molecule has 4 saturated carbocycles. The average Bonchev–Trinajstić information content (AvgIpc) is 3.47. The minimum atomic E-state index is -0.339. The largest absolute Gasteiger partial charge is 0.465 e. The summed E-state index contributed by atoms with van der Waals surface area (Å²) in [7, 11) is 1.43. The van der Waals surface area contributed by atoms with Crippen LogP contribution in [0.5, 0.6) is 0 Å². The molecular weight excluding hydrogens is 546 g/mol. The Hall–Kier alpha value is -2.40. The molecule has 7 unspecified atom stereocenters. The highest BCUT2D eigenvalue weighted by atomic mass is 16.5. The molecule has 44 heavy (non-hydrogen) atoms. The van der Waals surface area contributed by atoms with Crippen LogP contribution in [0.2, 0.25) is 0 Å². The van der Waals surface area contributed by atoms with Gasteiger partial charge < -0.3 is 4.74 Å². The Morgan fingerprint density at radius 2 is 1.57 bits per heavy atom. The molecule has 5 heteroatoms. The van der Waals surface area contributed by atoms with Gasteiger partial charge in [0.2, 0.25) is 5.91 Å². The van der Waals surface area contributed by atoms with Crippen LogP contribution < -0.4 is 5.48 Å². The summed E-state index contributed by atoms with van der Waals surface area (Å²) in [6, 6.07) is 7.99. The van der Waals surface area contributed by atoms with E-state index in [4.69, 9.17) is 4.74 Å². The number of rotatable bonds is 3. The van der Waals surface area contributed by atoms with Gasteiger partial charge in [-0.05, 0) is 134 Å². The van der Waals surface area contributed by atoms with Crippen molar-refractivity contribution in [2.45, 2.75) is 113 Å². The van der Waals surface area contributed by atoms with E-state index in [1.165, 1.54) is 43.9 Å². The van der Waals surface area contributed by atoms with Crippen molar-refractivity contribution in [3.8, 4) is 0 Å². The van der Waals surface area contributed by atoms with E-state index in [2.05, 4.69) is 58.0 Å². The van der Waals surface area contributed by atoms with E-state index in [-0.39, 0.29) is 28.1 Å². The summed E-state index contributed by atoms with van der Waals surface area (Å²) in [6.45, 7) is 19.4. The molecule has 244 valence electrons. The molecule has 0 saturated heterocycles. The molecule has 0 radical (unpaired) electrons. The highest BCUT2D eigenvalue weighted by molar-refractivity contribution is 5.90. The molecule has 0 bridgehead atoms. The highest BCUT2D eigenvalue weighted by Gasteiger charge is 2.66. The van der Waals surface area contributed by atoms with Crippen LogP contribution in [-0.2, 0) is 9.53 Å². The van der Waals surface area contributed by atoms with Gasteiger partial charge in [0.15, 0.2) is 0 Å². The summed E-state index contributed by atoms with van der Waals surface area (Å²) in [6.07, 6.45) is 15.6. The Labute approximate surface area is 267 Å². The fourth-order valence-electron chi connectivity index (χ4n) is 11.7. The number of ether oxygens (including phenoxy) is 1. The van der Waals surface area contributed by atoms with E-state index in [1.807, 2.05) is 32.9 Å². The Morgan fingerprint density at radius 1 is 0.909 bits per heavy atom. The molecule has 0 heterocycles. The van der Waals surface area contributed by atoms with Gasteiger partial charge in [0.25, 0.3) is 0 Å². The maximum Gasteiger partial charge on any atom is 0.337 e. The summed E-state index contributed by atoms with van der Waals surface area (Å²) >= 11 is 0. The lowest BCUT2D eigenvalue weighted by atomic mass is 9.36. The zero-order valence-corrected chi connectivity index (χ0v) is 28.8. The lowest BCUT2D eigenvalue weighted by molar-refractivity contribution is -0.184. The second-order valence-electron chi connectivity index (χ2n) is 15.2. The number of hydroxylamine groups is 1. The minimum Gasteiger partial charge on any atom is -0.465 e. The van der Waals surface area contributed by atoms with Crippen molar-refractivity contribution in [3.63, 3.8) is 0 Å². The van der Waals surface area contributed by atoms with Crippen molar-refractivity contribution in [1.29, 1.82) is 0 Å². The predicted molar refractivity (Wildman–Crippen MR) is 179 cm³/mol. The first-order valence-corrected chi connectivity index (χ1v) is 17.4. The van der Waals surface area contributed by atoms with Gasteiger partial charge in [0.05, 0.1) is 18.1 Å². The Morgan fingerprint density at radius 3 is 2.18 bits per heavy atom. The fraction of sp³-hybridized carbons (Fsp3) is 0.692. The van der Waals surface area contributed by atoms with E-state index in [0.717, 1.165) is 38.5 Å². The number of esters is 1. The fourth-order valence-corrected chi connectivity index (χ4v) is 11.7. The molecule has 0 spiro atoms. The van der Waals surface area contributed by atoms with Crippen molar-refractivity contribution in [1.82, 2.24) is 5.48 Å². The number of benzene rings is 1. The lowest BCUT2D eigenvalue weighted by Gasteiger charge is -2.68. The number of carbonyl (C=O) groups excluding carboxylic acids is 2. The van der Waals surface area contributed by atoms with E-state index >= 15 is 0 Å². The van der Waals surface area contributed by atoms with E-state index < -0.39 is 0 Å². The van der Waals surface area contributed by atoms with Crippen LogP contribution in [0.3, 0.4) is 0 Å². The summed E-state index contributed by atoms with van der Waals surface area (Å²) in [5, 5.41) is 9.60. The molecule has 5 aliphatic carbocycles. The number of fused-ring (bicyclic) bond motifs is 7. The van der Waals surface area contributed by atoms with Crippen LogP contribution in [0.4, 0.5) is 0 Å². The number of allylic oxidation sites excluding steroid dienone is 3. The molecule has 0 aromatic heterocycles. The van der Waals surface area contributed by atoms with Gasteiger partial charge in [0.1, 0.15) is 0 Å². The van der Waals surface area contributed by atoms with Crippen LogP contribution in [0.1, 0.15) is 129 Å². The Kier molecular flexibility index (Phi) is 10.3. The van der Waals surface area contributed by atoms with Crippen molar-refractivity contribution in [3.05, 3.63) is 54.1 Å². The highest BCUT2D eigenvalue weighted by Crippen LogP contribution is 2.73. The van der Waals surface area contributed by atoms with Crippen molar-refractivity contribution < 1.29 is 19.5 Å². The molecule has 1 aromatic rings. The smallest absolute Gasteiger partial charge is 0.337 e. The second kappa shape index (κ2) is 13.1. The van der Waals surface area contributed by atoms with Gasteiger partial charge in [0, 0.05) is 0 Å². The Bertz CT molecular complexity index is 1230. The van der Waals surface area contributed by atoms with Gasteiger partial charge in [-0.25, -0.2) is 10.3 Å². The van der Waals surface area contributed by atoms with Crippen molar-refractivity contribution in [2.75, 3.05) is 7.11 Å². The molecule has 5 nitrogen and oxygen atoms in total. The first-order valence-electron chi connectivity index (χ1n) is 17.4. The molecule has 5 aliphatic rings. The summed E-state index contributed by atoms with van der Waals surface area (Å²) in [5.74, 6) is 2.60. The van der Waals surface area contributed by atoms with Crippen LogP contribution in [0.25, 0.3) is 5.57 Å². The van der Waals surface area contributed by atoms with Crippen LogP contribution in [-0.4, -0.2) is 24.2 Å². The number of carbonyl (C=O) groups is 2. The van der Waals surface area contributed by atoms with Crippen LogP contribution in [0.15, 0.2) is 43.0 Å². The summed E-state index contributed by atoms with van der Waals surface area (Å²) in [4.78, 5) is 24.9. The predicted octanol–water partition coefficient (Wildman–Crippen LogP) is 9.66. The topological polar surface area (TPSA) is 75.6 Å². The van der Waals surface area contributed by atoms with Gasteiger partial charge in [-0.2, -0.15) is 0 Å². The summed E-state index contributed by atoms with van der Waals surface area (Å²) < 4.78 is 4.91. The minimum absolute atomic E-state index is 0.0460. The third-order valence-electron chi connectivity index (χ3n) is 13.3. The van der Waals surface area contributed by atoms with Gasteiger partial charge in [-0.3, -0.25) is 10.0 Å². The number of hydrogen-bond acceptors (Lipinski definition) is 4. The van der Waals surface area contributed by atoms with Gasteiger partial charge >= 0.3 is 5.97 Å². The molecule has 8 atom stereocenters. The third kappa shape index (κ3) is 5.29. The molecule has 4 fully saturated rings. The number of methoxy groups -OCH3 is 1. The average molecular weight is 606 g/mol. The van der Waals surface area contributed by atoms with Crippen molar-refractivity contribution in [2.24, 2.45) is 51.2 Å². The molecule has 0 aliphatic heterocycles.